The largest absolute Gasteiger partial charge is 0.416 e. The molecule has 0 aromatic heterocycles. The maximum Gasteiger partial charge on any atom is 0.416 e. The maximum atomic E-state index is 12.3. The van der Waals surface area contributed by atoms with E-state index >= 15 is 0 Å². The third-order valence-electron chi connectivity index (χ3n) is 2.25. The summed E-state index contributed by atoms with van der Waals surface area (Å²) >= 11 is 0. The third kappa shape index (κ3) is 4.61. The normalized spacial score (nSPS) is 13.3. The molecule has 0 fully saturated rings. The van der Waals surface area contributed by atoms with E-state index in [0.717, 1.165) is 17.7 Å². The van der Waals surface area contributed by atoms with Gasteiger partial charge >= 0.3 is 6.18 Å². The van der Waals surface area contributed by atoms with E-state index in [9.17, 15) is 18.3 Å². The Morgan fingerprint density at radius 1 is 1.24 bits per heavy atom. The zero-order valence-corrected chi connectivity index (χ0v) is 9.75. The number of halogens is 3. The summed E-state index contributed by atoms with van der Waals surface area (Å²) in [5.74, 6) is 0. The van der Waals surface area contributed by atoms with E-state index in [1.165, 1.54) is 12.1 Å². The molecule has 1 aromatic carbocycles. The molecular formula is C13H15F3O. The molecule has 0 saturated heterocycles. The fourth-order valence-corrected chi connectivity index (χ4v) is 1.52. The second-order valence-electron chi connectivity index (χ2n) is 4.21. The van der Waals surface area contributed by atoms with Gasteiger partial charge in [-0.15, -0.1) is 0 Å². The molecule has 17 heavy (non-hydrogen) atoms. The molecule has 1 aromatic rings. The molecule has 0 aliphatic heterocycles. The van der Waals surface area contributed by atoms with Crippen LogP contribution in [0.5, 0.6) is 0 Å². The molecule has 0 saturated carbocycles. The Kier molecular flexibility index (Phi) is 4.34. The molecule has 1 atom stereocenters. The van der Waals surface area contributed by atoms with Crippen LogP contribution in [0.3, 0.4) is 0 Å². The van der Waals surface area contributed by atoms with E-state index in [1.54, 1.807) is 6.08 Å². The Bertz CT molecular complexity index is 386. The van der Waals surface area contributed by atoms with Crippen LogP contribution in [-0.4, -0.2) is 11.2 Å². The molecule has 0 spiro atoms. The first-order valence-electron chi connectivity index (χ1n) is 5.28. The molecule has 1 N–H and O–H groups in total. The number of hydrogen-bond acceptors (Lipinski definition) is 1. The fraction of sp³-hybridized carbons (Fsp3) is 0.385. The van der Waals surface area contributed by atoms with Crippen molar-refractivity contribution < 1.29 is 18.3 Å². The molecule has 4 heteroatoms. The van der Waals surface area contributed by atoms with Crippen LogP contribution >= 0.6 is 0 Å². The van der Waals surface area contributed by atoms with Gasteiger partial charge in [0.1, 0.15) is 0 Å². The first-order chi connectivity index (χ1) is 7.79. The SMILES string of the molecule is CC(C)=CC(O)Cc1ccc(C(F)(F)F)cc1. The van der Waals surface area contributed by atoms with E-state index in [-0.39, 0.29) is 0 Å². The molecule has 1 unspecified atom stereocenters. The summed E-state index contributed by atoms with van der Waals surface area (Å²) in [7, 11) is 0. The van der Waals surface area contributed by atoms with Crippen LogP contribution in [-0.2, 0) is 12.6 Å². The number of rotatable bonds is 3. The lowest BCUT2D eigenvalue weighted by Crippen LogP contribution is -2.08. The van der Waals surface area contributed by atoms with Crippen LogP contribution in [0.1, 0.15) is 25.0 Å². The van der Waals surface area contributed by atoms with Crippen molar-refractivity contribution in [1.29, 1.82) is 0 Å². The monoisotopic (exact) mass is 244 g/mol. The van der Waals surface area contributed by atoms with Gasteiger partial charge in [-0.3, -0.25) is 0 Å². The molecule has 1 rings (SSSR count). The molecule has 0 radical (unpaired) electrons. The van der Waals surface area contributed by atoms with E-state index in [4.69, 9.17) is 0 Å². The second-order valence-corrected chi connectivity index (χ2v) is 4.21. The van der Waals surface area contributed by atoms with Crippen LogP contribution < -0.4 is 0 Å². The predicted molar refractivity (Wildman–Crippen MR) is 60.6 cm³/mol. The topological polar surface area (TPSA) is 20.2 Å². The lowest BCUT2D eigenvalue weighted by molar-refractivity contribution is -0.137. The van der Waals surface area contributed by atoms with Gasteiger partial charge in [0.25, 0.3) is 0 Å². The second kappa shape index (κ2) is 5.36. The summed E-state index contributed by atoms with van der Waals surface area (Å²) in [5.41, 5.74) is 0.991. The van der Waals surface area contributed by atoms with Gasteiger partial charge in [0.2, 0.25) is 0 Å². The van der Waals surface area contributed by atoms with Crippen LogP contribution in [0.15, 0.2) is 35.9 Å². The van der Waals surface area contributed by atoms with Crippen molar-refractivity contribution in [2.75, 3.05) is 0 Å². The van der Waals surface area contributed by atoms with Crippen molar-refractivity contribution in [1.82, 2.24) is 0 Å². The van der Waals surface area contributed by atoms with E-state index in [1.807, 2.05) is 13.8 Å². The molecule has 0 heterocycles. The van der Waals surface area contributed by atoms with Gasteiger partial charge in [-0.05, 0) is 31.5 Å². The zero-order chi connectivity index (χ0) is 13.1. The van der Waals surface area contributed by atoms with Crippen molar-refractivity contribution in [3.05, 3.63) is 47.0 Å². The molecule has 1 nitrogen and oxygen atoms in total. The molecule has 0 aliphatic rings. The van der Waals surface area contributed by atoms with E-state index in [0.29, 0.717) is 12.0 Å². The van der Waals surface area contributed by atoms with Crippen LogP contribution in [0.4, 0.5) is 13.2 Å². The number of hydrogen-bond donors (Lipinski definition) is 1. The Hall–Kier alpha value is -1.29. The van der Waals surface area contributed by atoms with Gasteiger partial charge in [0, 0.05) is 6.42 Å². The van der Waals surface area contributed by atoms with Gasteiger partial charge in [0.15, 0.2) is 0 Å². The van der Waals surface area contributed by atoms with E-state index in [2.05, 4.69) is 0 Å². The highest BCUT2D eigenvalue weighted by molar-refractivity contribution is 5.25. The van der Waals surface area contributed by atoms with E-state index < -0.39 is 17.8 Å². The van der Waals surface area contributed by atoms with Crippen LogP contribution in [0, 0.1) is 0 Å². The lowest BCUT2D eigenvalue weighted by Gasteiger charge is -2.09. The standard InChI is InChI=1S/C13H15F3O/c1-9(2)7-12(17)8-10-3-5-11(6-4-10)13(14,15)16/h3-7,12,17H,8H2,1-2H3. The molecular weight excluding hydrogens is 229 g/mol. The van der Waals surface area contributed by atoms with Gasteiger partial charge < -0.3 is 5.11 Å². The first kappa shape index (κ1) is 13.8. The summed E-state index contributed by atoms with van der Waals surface area (Å²) in [5, 5.41) is 9.60. The fourth-order valence-electron chi connectivity index (χ4n) is 1.52. The Morgan fingerprint density at radius 2 is 1.76 bits per heavy atom. The quantitative estimate of drug-likeness (QED) is 0.806. The predicted octanol–water partition coefficient (Wildman–Crippen LogP) is 3.58. The zero-order valence-electron chi connectivity index (χ0n) is 9.75. The lowest BCUT2D eigenvalue weighted by atomic mass is 10.0. The minimum Gasteiger partial charge on any atom is -0.389 e. The van der Waals surface area contributed by atoms with Gasteiger partial charge in [-0.1, -0.05) is 23.8 Å². The summed E-state index contributed by atoms with van der Waals surface area (Å²) in [6, 6.07) is 4.85. The molecule has 0 bridgehead atoms. The Balaban J connectivity index is 2.72. The van der Waals surface area contributed by atoms with Crippen molar-refractivity contribution >= 4 is 0 Å². The van der Waals surface area contributed by atoms with Crippen molar-refractivity contribution in [2.24, 2.45) is 0 Å². The van der Waals surface area contributed by atoms with Gasteiger partial charge in [-0.2, -0.15) is 13.2 Å². The Morgan fingerprint density at radius 3 is 2.18 bits per heavy atom. The van der Waals surface area contributed by atoms with Crippen LogP contribution in [0.2, 0.25) is 0 Å². The van der Waals surface area contributed by atoms with Crippen LogP contribution in [0.25, 0.3) is 0 Å². The third-order valence-corrected chi connectivity index (χ3v) is 2.25. The minimum atomic E-state index is -4.31. The maximum absolute atomic E-state index is 12.3. The number of benzene rings is 1. The average molecular weight is 244 g/mol. The van der Waals surface area contributed by atoms with Gasteiger partial charge in [-0.25, -0.2) is 0 Å². The highest BCUT2D eigenvalue weighted by atomic mass is 19.4. The summed E-state index contributed by atoms with van der Waals surface area (Å²) in [6.07, 6.45) is -2.96. The first-order valence-corrected chi connectivity index (χ1v) is 5.28. The highest BCUT2D eigenvalue weighted by Crippen LogP contribution is 2.29. The van der Waals surface area contributed by atoms with Crippen molar-refractivity contribution in [3.63, 3.8) is 0 Å². The minimum absolute atomic E-state index is 0.323. The molecule has 0 aliphatic carbocycles. The smallest absolute Gasteiger partial charge is 0.389 e. The van der Waals surface area contributed by atoms with Gasteiger partial charge in [0.05, 0.1) is 11.7 Å². The van der Waals surface area contributed by atoms with Crippen molar-refractivity contribution in [2.45, 2.75) is 32.5 Å². The summed E-state index contributed by atoms with van der Waals surface area (Å²) in [6.45, 7) is 3.71. The Labute approximate surface area is 98.6 Å². The summed E-state index contributed by atoms with van der Waals surface area (Å²) in [4.78, 5) is 0. The summed E-state index contributed by atoms with van der Waals surface area (Å²) < 4.78 is 36.9. The molecule has 0 amide bonds. The molecule has 94 valence electrons. The number of allylic oxidation sites excluding steroid dienone is 1. The highest BCUT2D eigenvalue weighted by Gasteiger charge is 2.29. The number of aliphatic hydroxyl groups excluding tert-OH is 1. The van der Waals surface area contributed by atoms with Crippen molar-refractivity contribution in [3.8, 4) is 0 Å². The number of alkyl halides is 3. The average Bonchev–Trinajstić information content (AvgIpc) is 2.15. The number of aliphatic hydroxyl groups is 1.